The van der Waals surface area contributed by atoms with Crippen molar-refractivity contribution in [3.05, 3.63) is 11.6 Å². The molecule has 1 heterocycles. The molecule has 1 N–H and O–H groups in total. The minimum absolute atomic E-state index is 0.0885. The van der Waals surface area contributed by atoms with Crippen LogP contribution >= 0.6 is 0 Å². The first-order valence-electron chi connectivity index (χ1n) is 4.02. The monoisotopic (exact) mass is 191 g/mol. The quantitative estimate of drug-likeness (QED) is 0.774. The number of nitrogens with zero attached hydrogens (tertiary/aromatic N) is 2. The molecule has 13 heavy (non-hydrogen) atoms. The highest BCUT2D eigenvalue weighted by Gasteiger charge is 2.32. The van der Waals surface area contributed by atoms with Crippen LogP contribution in [0.5, 0.6) is 0 Å². The van der Waals surface area contributed by atoms with Crippen molar-refractivity contribution in [1.29, 1.82) is 0 Å². The van der Waals surface area contributed by atoms with E-state index in [-0.39, 0.29) is 5.82 Å². The Morgan fingerprint density at radius 1 is 1.38 bits per heavy atom. The number of halogens is 3. The summed E-state index contributed by atoms with van der Waals surface area (Å²) in [4.78, 5) is 3.77. The molecule has 3 nitrogen and oxygen atoms in total. The van der Waals surface area contributed by atoms with E-state index in [1.54, 1.807) is 0 Å². The molecule has 72 valence electrons. The van der Waals surface area contributed by atoms with Gasteiger partial charge in [0.1, 0.15) is 12.2 Å². The number of aromatic nitrogens is 3. The molecule has 0 amide bonds. The zero-order chi connectivity index (χ0) is 9.47. The van der Waals surface area contributed by atoms with Gasteiger partial charge in [0, 0.05) is 5.92 Å². The van der Waals surface area contributed by atoms with E-state index < -0.39 is 12.6 Å². The van der Waals surface area contributed by atoms with Gasteiger partial charge in [-0.1, -0.05) is 0 Å². The van der Waals surface area contributed by atoms with Crippen LogP contribution in [0.4, 0.5) is 13.2 Å². The molecule has 0 radical (unpaired) electrons. The summed E-state index contributed by atoms with van der Waals surface area (Å²) in [6.07, 6.45) is -3.25. The fourth-order valence-electron chi connectivity index (χ4n) is 1.10. The summed E-state index contributed by atoms with van der Waals surface area (Å²) in [7, 11) is 0. The Kier molecular flexibility index (Phi) is 1.78. The second kappa shape index (κ2) is 2.71. The third kappa shape index (κ3) is 2.19. The highest BCUT2D eigenvalue weighted by Crippen LogP contribution is 2.37. The van der Waals surface area contributed by atoms with Crippen LogP contribution in [0, 0.1) is 0 Å². The molecule has 0 aliphatic heterocycles. The zero-order valence-electron chi connectivity index (χ0n) is 6.73. The molecule has 0 bridgehead atoms. The van der Waals surface area contributed by atoms with Gasteiger partial charge in [0.15, 0.2) is 5.82 Å². The van der Waals surface area contributed by atoms with Gasteiger partial charge in [0.2, 0.25) is 0 Å². The summed E-state index contributed by atoms with van der Waals surface area (Å²) in [5, 5.41) is 6.03. The number of H-pyrrole nitrogens is 1. The van der Waals surface area contributed by atoms with Gasteiger partial charge in [-0.2, -0.15) is 18.3 Å². The lowest BCUT2D eigenvalue weighted by Gasteiger charge is -2.00. The molecule has 0 atom stereocenters. The summed E-state index contributed by atoms with van der Waals surface area (Å²) in [5.41, 5.74) is 0. The van der Waals surface area contributed by atoms with Crippen molar-refractivity contribution in [1.82, 2.24) is 15.2 Å². The van der Waals surface area contributed by atoms with Crippen molar-refractivity contribution in [3.63, 3.8) is 0 Å². The molecule has 1 aromatic heterocycles. The van der Waals surface area contributed by atoms with Crippen LogP contribution in [-0.4, -0.2) is 21.4 Å². The average Bonchev–Trinajstić information content (AvgIpc) is 2.72. The summed E-state index contributed by atoms with van der Waals surface area (Å²) >= 11 is 0. The third-order valence-corrected chi connectivity index (χ3v) is 1.86. The molecule has 1 fully saturated rings. The molecular formula is C7H8F3N3. The van der Waals surface area contributed by atoms with Crippen molar-refractivity contribution < 1.29 is 13.2 Å². The highest BCUT2D eigenvalue weighted by atomic mass is 19.4. The minimum Gasteiger partial charge on any atom is -0.263 e. The molecule has 0 unspecified atom stereocenters. The van der Waals surface area contributed by atoms with Gasteiger partial charge in [-0.05, 0) is 12.8 Å². The second-order valence-corrected chi connectivity index (χ2v) is 3.21. The molecule has 0 saturated heterocycles. The number of nitrogens with one attached hydrogen (secondary N) is 1. The predicted molar refractivity (Wildman–Crippen MR) is 38.1 cm³/mol. The van der Waals surface area contributed by atoms with E-state index in [1.165, 1.54) is 0 Å². The SMILES string of the molecule is FC(F)(F)Cc1nc(C2CC2)n[nH]1. The molecule has 2 rings (SSSR count). The minimum atomic E-state index is -4.21. The number of alkyl halides is 3. The molecule has 0 spiro atoms. The van der Waals surface area contributed by atoms with E-state index in [1.807, 2.05) is 0 Å². The number of hydrogen-bond donors (Lipinski definition) is 1. The van der Waals surface area contributed by atoms with Gasteiger partial charge in [-0.3, -0.25) is 5.10 Å². The molecule has 1 aliphatic rings. The maximum Gasteiger partial charge on any atom is 0.396 e. The lowest BCUT2D eigenvalue weighted by Crippen LogP contribution is -2.12. The first-order chi connectivity index (χ1) is 6.04. The Hall–Kier alpha value is -1.07. The third-order valence-electron chi connectivity index (χ3n) is 1.86. The van der Waals surface area contributed by atoms with E-state index in [9.17, 15) is 13.2 Å². The van der Waals surface area contributed by atoms with E-state index in [0.29, 0.717) is 11.7 Å². The van der Waals surface area contributed by atoms with Crippen molar-refractivity contribution in [2.24, 2.45) is 0 Å². The lowest BCUT2D eigenvalue weighted by atomic mass is 10.4. The zero-order valence-corrected chi connectivity index (χ0v) is 6.73. The van der Waals surface area contributed by atoms with Crippen LogP contribution in [0.25, 0.3) is 0 Å². The Labute approximate surface area is 72.4 Å². The summed E-state index contributed by atoms with van der Waals surface area (Å²) in [6, 6.07) is 0. The van der Waals surface area contributed by atoms with Crippen molar-refractivity contribution >= 4 is 0 Å². The predicted octanol–water partition coefficient (Wildman–Crippen LogP) is 1.79. The van der Waals surface area contributed by atoms with Crippen LogP contribution in [-0.2, 0) is 6.42 Å². The topological polar surface area (TPSA) is 41.6 Å². The summed E-state index contributed by atoms with van der Waals surface area (Å²) in [5.74, 6) is 0.729. The Morgan fingerprint density at radius 3 is 2.62 bits per heavy atom. The molecule has 1 aromatic rings. The van der Waals surface area contributed by atoms with Crippen LogP contribution in [0.3, 0.4) is 0 Å². The molecule has 6 heteroatoms. The fraction of sp³-hybridized carbons (Fsp3) is 0.714. The van der Waals surface area contributed by atoms with Crippen LogP contribution in [0.2, 0.25) is 0 Å². The smallest absolute Gasteiger partial charge is 0.263 e. The molecular weight excluding hydrogens is 183 g/mol. The van der Waals surface area contributed by atoms with Crippen LogP contribution < -0.4 is 0 Å². The van der Waals surface area contributed by atoms with Crippen molar-refractivity contribution in [3.8, 4) is 0 Å². The fourth-order valence-corrected chi connectivity index (χ4v) is 1.10. The van der Waals surface area contributed by atoms with E-state index in [0.717, 1.165) is 12.8 Å². The number of rotatable bonds is 2. The number of hydrogen-bond acceptors (Lipinski definition) is 2. The lowest BCUT2D eigenvalue weighted by molar-refractivity contribution is -0.128. The first kappa shape index (κ1) is 8.52. The maximum atomic E-state index is 11.9. The van der Waals surface area contributed by atoms with Crippen molar-refractivity contribution in [2.75, 3.05) is 0 Å². The largest absolute Gasteiger partial charge is 0.396 e. The molecule has 1 aliphatic carbocycles. The van der Waals surface area contributed by atoms with Crippen LogP contribution in [0.15, 0.2) is 0 Å². The Bertz CT molecular complexity index is 300. The van der Waals surface area contributed by atoms with Crippen molar-refractivity contribution in [2.45, 2.75) is 31.4 Å². The average molecular weight is 191 g/mol. The van der Waals surface area contributed by atoms with Gasteiger partial charge in [0.05, 0.1) is 0 Å². The number of aromatic amines is 1. The van der Waals surface area contributed by atoms with E-state index >= 15 is 0 Å². The van der Waals surface area contributed by atoms with Gasteiger partial charge in [0.25, 0.3) is 0 Å². The normalized spacial score (nSPS) is 17.8. The first-order valence-corrected chi connectivity index (χ1v) is 4.02. The second-order valence-electron chi connectivity index (χ2n) is 3.21. The standard InChI is InChI=1S/C7H8F3N3/c8-7(9,10)3-5-11-6(13-12-5)4-1-2-4/h4H,1-3H2,(H,11,12,13). The Balaban J connectivity index is 2.04. The summed E-state index contributed by atoms with van der Waals surface area (Å²) in [6.45, 7) is 0. The van der Waals surface area contributed by atoms with Gasteiger partial charge in [-0.25, -0.2) is 4.98 Å². The summed E-state index contributed by atoms with van der Waals surface area (Å²) < 4.78 is 35.6. The van der Waals surface area contributed by atoms with Gasteiger partial charge >= 0.3 is 6.18 Å². The van der Waals surface area contributed by atoms with E-state index in [4.69, 9.17) is 0 Å². The van der Waals surface area contributed by atoms with Gasteiger partial charge in [-0.15, -0.1) is 0 Å². The molecule has 0 aromatic carbocycles. The highest BCUT2D eigenvalue weighted by molar-refractivity contribution is 5.05. The Morgan fingerprint density at radius 2 is 2.08 bits per heavy atom. The molecule has 1 saturated carbocycles. The van der Waals surface area contributed by atoms with Crippen LogP contribution in [0.1, 0.15) is 30.4 Å². The maximum absolute atomic E-state index is 11.9. The van der Waals surface area contributed by atoms with Gasteiger partial charge < -0.3 is 0 Å². The van der Waals surface area contributed by atoms with E-state index in [2.05, 4.69) is 15.2 Å².